The van der Waals surface area contributed by atoms with Gasteiger partial charge in [-0.2, -0.15) is 0 Å². The molecule has 0 aliphatic carbocycles. The number of aliphatic hydroxyl groups is 1. The maximum atomic E-state index is 10.9. The molecule has 0 bridgehead atoms. The van der Waals surface area contributed by atoms with Gasteiger partial charge < -0.3 is 5.11 Å². The van der Waals surface area contributed by atoms with Crippen molar-refractivity contribution in [3.8, 4) is 0 Å². The van der Waals surface area contributed by atoms with Gasteiger partial charge in [0.25, 0.3) is 0 Å². The summed E-state index contributed by atoms with van der Waals surface area (Å²) in [5.74, 6) is 0. The smallest absolute Gasteiger partial charge is 0.0966 e. The third-order valence-electron chi connectivity index (χ3n) is 4.82. The van der Waals surface area contributed by atoms with E-state index in [4.69, 9.17) is 4.98 Å². The molecule has 0 spiro atoms. The summed E-state index contributed by atoms with van der Waals surface area (Å²) in [5.41, 5.74) is 4.17. The minimum atomic E-state index is -0.453. The third kappa shape index (κ3) is 2.56. The van der Waals surface area contributed by atoms with Crippen LogP contribution in [-0.2, 0) is 0 Å². The Hall–Kier alpha value is -1.45. The molecule has 1 aliphatic heterocycles. The summed E-state index contributed by atoms with van der Waals surface area (Å²) in [4.78, 5) is 7.12. The number of aliphatic hydroxyl groups excluding tert-OH is 1. The largest absolute Gasteiger partial charge is 0.387 e. The third-order valence-corrected chi connectivity index (χ3v) is 4.82. The maximum Gasteiger partial charge on any atom is 0.0966 e. The van der Waals surface area contributed by atoms with Gasteiger partial charge in [-0.05, 0) is 51.4 Å². The van der Waals surface area contributed by atoms with Crippen LogP contribution in [0.15, 0.2) is 24.3 Å². The SMILES string of the molecule is CCN1CCC[C@H]1[C@H](O)c1cccc2cc(C)c(C)nc12. The average molecular weight is 284 g/mol. The van der Waals surface area contributed by atoms with Crippen LogP contribution >= 0.6 is 0 Å². The predicted molar refractivity (Wildman–Crippen MR) is 86.4 cm³/mol. The zero-order chi connectivity index (χ0) is 15.0. The molecule has 0 amide bonds. The Bertz CT molecular complexity index is 653. The van der Waals surface area contributed by atoms with Gasteiger partial charge in [-0.15, -0.1) is 0 Å². The van der Waals surface area contributed by atoms with Crippen LogP contribution in [0.1, 0.15) is 42.7 Å². The zero-order valence-electron chi connectivity index (χ0n) is 13.1. The molecular weight excluding hydrogens is 260 g/mol. The normalized spacial score (nSPS) is 21.0. The molecule has 21 heavy (non-hydrogen) atoms. The molecule has 0 unspecified atom stereocenters. The highest BCUT2D eigenvalue weighted by atomic mass is 16.3. The first kappa shape index (κ1) is 14.5. The van der Waals surface area contributed by atoms with Gasteiger partial charge in [-0.25, -0.2) is 0 Å². The number of benzene rings is 1. The highest BCUT2D eigenvalue weighted by Gasteiger charge is 2.31. The van der Waals surface area contributed by atoms with Crippen LogP contribution in [0.25, 0.3) is 10.9 Å². The van der Waals surface area contributed by atoms with Crippen LogP contribution in [0.5, 0.6) is 0 Å². The van der Waals surface area contributed by atoms with Gasteiger partial charge >= 0.3 is 0 Å². The molecule has 1 aromatic carbocycles. The fourth-order valence-electron chi connectivity index (χ4n) is 3.47. The average Bonchev–Trinajstić information content (AvgIpc) is 2.95. The van der Waals surface area contributed by atoms with Crippen molar-refractivity contribution < 1.29 is 5.11 Å². The quantitative estimate of drug-likeness (QED) is 0.939. The molecule has 3 rings (SSSR count). The number of fused-ring (bicyclic) bond motifs is 1. The van der Waals surface area contributed by atoms with Gasteiger partial charge in [0, 0.05) is 22.7 Å². The fraction of sp³-hybridized carbons (Fsp3) is 0.500. The molecular formula is C18H24N2O. The second-order valence-electron chi connectivity index (χ2n) is 6.09. The topological polar surface area (TPSA) is 36.4 Å². The molecule has 2 aromatic rings. The Labute approximate surface area is 126 Å². The summed E-state index contributed by atoms with van der Waals surface area (Å²) in [6, 6.07) is 8.53. The molecule has 112 valence electrons. The highest BCUT2D eigenvalue weighted by molar-refractivity contribution is 5.83. The molecule has 1 aliphatic rings. The van der Waals surface area contributed by atoms with Gasteiger partial charge in [-0.3, -0.25) is 9.88 Å². The van der Waals surface area contributed by atoms with Crippen molar-refractivity contribution in [3.63, 3.8) is 0 Å². The minimum absolute atomic E-state index is 0.226. The van der Waals surface area contributed by atoms with Crippen LogP contribution < -0.4 is 0 Å². The Balaban J connectivity index is 2.05. The number of aryl methyl sites for hydroxylation is 2. The van der Waals surface area contributed by atoms with Crippen LogP contribution in [-0.4, -0.2) is 34.1 Å². The lowest BCUT2D eigenvalue weighted by Crippen LogP contribution is -2.34. The Kier molecular flexibility index (Phi) is 3.96. The van der Waals surface area contributed by atoms with E-state index >= 15 is 0 Å². The van der Waals surface area contributed by atoms with E-state index in [2.05, 4.69) is 30.9 Å². The van der Waals surface area contributed by atoms with Gasteiger partial charge in [-0.1, -0.05) is 25.1 Å². The summed E-state index contributed by atoms with van der Waals surface area (Å²) < 4.78 is 0. The van der Waals surface area contributed by atoms with Crippen LogP contribution in [0, 0.1) is 13.8 Å². The van der Waals surface area contributed by atoms with E-state index in [0.29, 0.717) is 0 Å². The molecule has 2 heterocycles. The van der Waals surface area contributed by atoms with Gasteiger partial charge in [0.2, 0.25) is 0 Å². The molecule has 1 fully saturated rings. The number of aromatic nitrogens is 1. The molecule has 1 aromatic heterocycles. The molecule has 3 heteroatoms. The molecule has 3 nitrogen and oxygen atoms in total. The number of rotatable bonds is 3. The summed E-state index contributed by atoms with van der Waals surface area (Å²) in [5, 5.41) is 12.0. The Morgan fingerprint density at radius 2 is 2.19 bits per heavy atom. The van der Waals surface area contributed by atoms with E-state index < -0.39 is 6.10 Å². The number of nitrogens with zero attached hydrogens (tertiary/aromatic N) is 2. The minimum Gasteiger partial charge on any atom is -0.387 e. The van der Waals surface area contributed by atoms with E-state index in [0.717, 1.165) is 41.7 Å². The van der Waals surface area contributed by atoms with E-state index in [-0.39, 0.29) is 6.04 Å². The number of likely N-dealkylation sites (N-methyl/N-ethyl adjacent to an activating group) is 1. The van der Waals surface area contributed by atoms with Crippen molar-refractivity contribution in [2.24, 2.45) is 0 Å². The van der Waals surface area contributed by atoms with E-state index in [1.165, 1.54) is 12.0 Å². The second kappa shape index (κ2) is 5.74. The Morgan fingerprint density at radius 1 is 1.38 bits per heavy atom. The lowest BCUT2D eigenvalue weighted by atomic mass is 9.97. The second-order valence-corrected chi connectivity index (χ2v) is 6.09. The first-order valence-electron chi connectivity index (χ1n) is 7.90. The lowest BCUT2D eigenvalue weighted by Gasteiger charge is -2.28. The summed E-state index contributed by atoms with van der Waals surface area (Å²) in [6.07, 6.45) is 1.79. The fourth-order valence-corrected chi connectivity index (χ4v) is 3.47. The van der Waals surface area contributed by atoms with Crippen molar-refractivity contribution in [1.29, 1.82) is 0 Å². The van der Waals surface area contributed by atoms with Gasteiger partial charge in [0.1, 0.15) is 0 Å². The van der Waals surface area contributed by atoms with Gasteiger partial charge in [0.05, 0.1) is 11.6 Å². The monoisotopic (exact) mass is 284 g/mol. The van der Waals surface area contributed by atoms with Gasteiger partial charge in [0.15, 0.2) is 0 Å². The van der Waals surface area contributed by atoms with E-state index in [9.17, 15) is 5.11 Å². The maximum absolute atomic E-state index is 10.9. The molecule has 2 atom stereocenters. The Morgan fingerprint density at radius 3 is 2.95 bits per heavy atom. The zero-order valence-corrected chi connectivity index (χ0v) is 13.1. The lowest BCUT2D eigenvalue weighted by molar-refractivity contribution is 0.0764. The van der Waals surface area contributed by atoms with Crippen molar-refractivity contribution in [2.45, 2.75) is 45.8 Å². The number of hydrogen-bond acceptors (Lipinski definition) is 3. The van der Waals surface area contributed by atoms with Crippen molar-refractivity contribution >= 4 is 10.9 Å². The van der Waals surface area contributed by atoms with Crippen molar-refractivity contribution in [2.75, 3.05) is 13.1 Å². The van der Waals surface area contributed by atoms with Crippen molar-refractivity contribution in [3.05, 3.63) is 41.1 Å². The molecule has 0 saturated carbocycles. The van der Waals surface area contributed by atoms with Crippen LogP contribution in [0.4, 0.5) is 0 Å². The predicted octanol–water partition coefficient (Wildman–Crippen LogP) is 3.37. The number of hydrogen-bond donors (Lipinski definition) is 1. The van der Waals surface area contributed by atoms with E-state index in [1.807, 2.05) is 19.1 Å². The molecule has 0 radical (unpaired) electrons. The first-order valence-corrected chi connectivity index (χ1v) is 7.90. The van der Waals surface area contributed by atoms with Crippen molar-refractivity contribution in [1.82, 2.24) is 9.88 Å². The standard InChI is InChI=1S/C18H24N2O/c1-4-20-10-6-9-16(20)18(21)15-8-5-7-14-11-12(2)13(3)19-17(14)15/h5,7-8,11,16,18,21H,4,6,9-10H2,1-3H3/t16-,18+/m0/s1. The first-order chi connectivity index (χ1) is 10.1. The van der Waals surface area contributed by atoms with Crippen LogP contribution in [0.3, 0.4) is 0 Å². The summed E-state index contributed by atoms with van der Waals surface area (Å²) >= 11 is 0. The number of likely N-dealkylation sites (tertiary alicyclic amines) is 1. The molecule has 1 saturated heterocycles. The summed E-state index contributed by atoms with van der Waals surface area (Å²) in [7, 11) is 0. The van der Waals surface area contributed by atoms with Crippen LogP contribution in [0.2, 0.25) is 0 Å². The van der Waals surface area contributed by atoms with E-state index in [1.54, 1.807) is 0 Å². The summed E-state index contributed by atoms with van der Waals surface area (Å²) in [6.45, 7) is 8.37. The number of pyridine rings is 1. The number of para-hydroxylation sites is 1. The molecule has 1 N–H and O–H groups in total. The highest BCUT2D eigenvalue weighted by Crippen LogP contribution is 2.32.